The Morgan fingerprint density at radius 2 is 1.70 bits per heavy atom. The van der Waals surface area contributed by atoms with Crippen LogP contribution in [0.3, 0.4) is 0 Å². The van der Waals surface area contributed by atoms with E-state index in [1.165, 1.54) is 12.1 Å². The van der Waals surface area contributed by atoms with Crippen molar-refractivity contribution in [2.24, 2.45) is 5.73 Å². The van der Waals surface area contributed by atoms with E-state index in [1.54, 1.807) is 12.1 Å². The van der Waals surface area contributed by atoms with Crippen molar-refractivity contribution in [2.75, 3.05) is 5.73 Å². The van der Waals surface area contributed by atoms with Gasteiger partial charge < -0.3 is 21.3 Å². The van der Waals surface area contributed by atoms with Crippen molar-refractivity contribution in [3.05, 3.63) is 77.6 Å². The number of hydrogen-bond acceptors (Lipinski definition) is 6. The maximum absolute atomic E-state index is 13.1. The summed E-state index contributed by atoms with van der Waals surface area (Å²) in [6, 6.07) is 12.1. The average Bonchev–Trinajstić information content (AvgIpc) is 2.69. The minimum absolute atomic E-state index is 0.158. The van der Waals surface area contributed by atoms with Gasteiger partial charge in [0, 0.05) is 5.56 Å². The molecule has 0 heterocycles. The van der Waals surface area contributed by atoms with Crippen LogP contribution in [0, 0.1) is 11.2 Å². The number of rotatable bonds is 6. The maximum atomic E-state index is 13.1. The van der Waals surface area contributed by atoms with E-state index in [9.17, 15) is 22.7 Å². The van der Waals surface area contributed by atoms with Crippen LogP contribution in [0.25, 0.3) is 0 Å². The third kappa shape index (κ3) is 4.08. The number of amidine groups is 1. The molecule has 0 fully saturated rings. The second kappa shape index (κ2) is 7.84. The highest BCUT2D eigenvalue weighted by molar-refractivity contribution is 7.91. The van der Waals surface area contributed by atoms with Crippen LogP contribution in [0.4, 0.5) is 10.1 Å². The van der Waals surface area contributed by atoms with Gasteiger partial charge in [-0.2, -0.15) is 0 Å². The Hall–Kier alpha value is -3.92. The molecule has 0 atom stereocenters. The number of aromatic carboxylic acids is 1. The largest absolute Gasteiger partial charge is 0.478 e. The Kier molecular flexibility index (Phi) is 5.43. The third-order valence-electron chi connectivity index (χ3n) is 4.12. The van der Waals surface area contributed by atoms with Gasteiger partial charge >= 0.3 is 5.97 Å². The van der Waals surface area contributed by atoms with Crippen LogP contribution in [0.5, 0.6) is 11.5 Å². The minimum Gasteiger partial charge on any atom is -0.478 e. The molecule has 0 saturated carbocycles. The number of benzene rings is 3. The summed E-state index contributed by atoms with van der Waals surface area (Å²) in [5, 5.41) is 17.0. The number of nitrogen functional groups attached to an aromatic ring is 2. The van der Waals surface area contributed by atoms with Gasteiger partial charge in [-0.15, -0.1) is 0 Å². The van der Waals surface area contributed by atoms with Gasteiger partial charge in [-0.05, 0) is 48.5 Å². The van der Waals surface area contributed by atoms with Crippen LogP contribution in [-0.4, -0.2) is 25.3 Å². The van der Waals surface area contributed by atoms with Crippen molar-refractivity contribution in [2.45, 2.75) is 9.79 Å². The molecule has 30 heavy (non-hydrogen) atoms. The van der Waals surface area contributed by atoms with Crippen molar-refractivity contribution in [1.82, 2.24) is 0 Å². The third-order valence-corrected chi connectivity index (χ3v) is 5.87. The molecule has 0 amide bonds. The SMILES string of the molecule is N=C(N)c1cccc(Oc2c(N)cc(S(=O)(=O)c3ccc(F)cc3)cc2C(=O)O)c1. The lowest BCUT2D eigenvalue weighted by Gasteiger charge is -2.14. The molecule has 8 nitrogen and oxygen atoms in total. The topological polar surface area (TPSA) is 157 Å². The number of sulfone groups is 1. The van der Waals surface area contributed by atoms with Crippen molar-refractivity contribution >= 4 is 27.3 Å². The Bertz CT molecular complexity index is 1260. The Labute approximate surface area is 171 Å². The van der Waals surface area contributed by atoms with E-state index in [0.29, 0.717) is 5.56 Å². The van der Waals surface area contributed by atoms with Crippen molar-refractivity contribution in [1.29, 1.82) is 5.41 Å². The number of hydrogen-bond donors (Lipinski definition) is 4. The predicted molar refractivity (Wildman–Crippen MR) is 107 cm³/mol. The molecule has 3 rings (SSSR count). The van der Waals surface area contributed by atoms with Gasteiger partial charge in [0.1, 0.15) is 23.0 Å². The fraction of sp³-hybridized carbons (Fsp3) is 0. The first-order valence-corrected chi connectivity index (χ1v) is 9.87. The second-order valence-corrected chi connectivity index (χ2v) is 8.14. The summed E-state index contributed by atoms with van der Waals surface area (Å²) >= 11 is 0. The predicted octanol–water partition coefficient (Wildman–Crippen LogP) is 3.02. The van der Waals surface area contributed by atoms with Crippen LogP contribution in [0.1, 0.15) is 15.9 Å². The number of nitrogens with one attached hydrogen (secondary N) is 1. The number of carboxylic acids is 1. The normalized spacial score (nSPS) is 11.1. The monoisotopic (exact) mass is 429 g/mol. The first-order valence-electron chi connectivity index (χ1n) is 8.39. The molecular formula is C20H16FN3O5S. The smallest absolute Gasteiger partial charge is 0.339 e. The summed E-state index contributed by atoms with van der Waals surface area (Å²) < 4.78 is 44.3. The molecule has 0 saturated heterocycles. The zero-order valence-electron chi connectivity index (χ0n) is 15.3. The number of carboxylic acid groups (broad SMARTS) is 1. The van der Waals surface area contributed by atoms with Crippen LogP contribution >= 0.6 is 0 Å². The molecule has 0 aromatic heterocycles. The van der Waals surface area contributed by atoms with Gasteiger partial charge in [0.15, 0.2) is 5.75 Å². The number of carbonyl (C=O) groups is 1. The van der Waals surface area contributed by atoms with E-state index in [2.05, 4.69) is 0 Å². The first kappa shape index (κ1) is 20.8. The van der Waals surface area contributed by atoms with E-state index in [0.717, 1.165) is 36.4 Å². The van der Waals surface area contributed by atoms with Crippen molar-refractivity contribution in [3.63, 3.8) is 0 Å². The van der Waals surface area contributed by atoms with Gasteiger partial charge in [0.05, 0.1) is 15.5 Å². The van der Waals surface area contributed by atoms with E-state index in [1.807, 2.05) is 0 Å². The number of ether oxygens (including phenoxy) is 1. The van der Waals surface area contributed by atoms with E-state index in [-0.39, 0.29) is 32.8 Å². The average molecular weight is 429 g/mol. The molecule has 0 aliphatic heterocycles. The second-order valence-electron chi connectivity index (χ2n) is 6.20. The highest BCUT2D eigenvalue weighted by Crippen LogP contribution is 2.36. The number of anilines is 1. The Morgan fingerprint density at radius 3 is 2.30 bits per heavy atom. The summed E-state index contributed by atoms with van der Waals surface area (Å²) in [5.41, 5.74) is 11.0. The standard InChI is InChI=1S/C20H16FN3O5S/c21-12-4-6-14(7-5-12)30(27,28)15-9-16(20(25)26)18(17(22)10-15)29-13-3-1-2-11(8-13)19(23)24/h1-10H,22H2,(H3,23,24)(H,25,26). The molecule has 154 valence electrons. The van der Waals surface area contributed by atoms with Crippen LogP contribution in [0.2, 0.25) is 0 Å². The summed E-state index contributed by atoms with van der Waals surface area (Å²) in [5.74, 6) is -2.40. The van der Waals surface area contributed by atoms with Gasteiger partial charge in [-0.25, -0.2) is 17.6 Å². The number of nitrogens with two attached hydrogens (primary N) is 2. The van der Waals surface area contributed by atoms with Gasteiger partial charge in [-0.1, -0.05) is 12.1 Å². The lowest BCUT2D eigenvalue weighted by Crippen LogP contribution is -2.11. The maximum Gasteiger partial charge on any atom is 0.339 e. The molecule has 0 bridgehead atoms. The van der Waals surface area contributed by atoms with Crippen LogP contribution in [0.15, 0.2) is 70.5 Å². The summed E-state index contributed by atoms with van der Waals surface area (Å²) in [7, 11) is -4.15. The zero-order valence-corrected chi connectivity index (χ0v) is 16.1. The highest BCUT2D eigenvalue weighted by atomic mass is 32.2. The first-order chi connectivity index (χ1) is 14.1. The lowest BCUT2D eigenvalue weighted by atomic mass is 10.1. The molecule has 0 radical (unpaired) electrons. The molecule has 3 aromatic rings. The van der Waals surface area contributed by atoms with Crippen molar-refractivity contribution in [3.8, 4) is 11.5 Å². The van der Waals surface area contributed by atoms with E-state index in [4.69, 9.17) is 21.6 Å². The number of halogens is 1. The molecule has 3 aromatic carbocycles. The summed E-state index contributed by atoms with van der Waals surface area (Å²) in [6.45, 7) is 0. The Morgan fingerprint density at radius 1 is 1.03 bits per heavy atom. The fourth-order valence-electron chi connectivity index (χ4n) is 2.65. The molecule has 0 unspecified atom stereocenters. The highest BCUT2D eigenvalue weighted by Gasteiger charge is 2.24. The van der Waals surface area contributed by atoms with E-state index >= 15 is 0 Å². The zero-order chi connectivity index (χ0) is 22.1. The molecule has 0 spiro atoms. The van der Waals surface area contributed by atoms with Crippen LogP contribution < -0.4 is 16.2 Å². The summed E-state index contributed by atoms with van der Waals surface area (Å²) in [4.78, 5) is 11.2. The van der Waals surface area contributed by atoms with Gasteiger partial charge in [0.2, 0.25) is 9.84 Å². The van der Waals surface area contributed by atoms with Crippen LogP contribution in [-0.2, 0) is 9.84 Å². The minimum atomic E-state index is -4.15. The van der Waals surface area contributed by atoms with Gasteiger partial charge in [0.25, 0.3) is 0 Å². The fourth-order valence-corrected chi connectivity index (χ4v) is 3.97. The quantitative estimate of drug-likeness (QED) is 0.203. The molecular weight excluding hydrogens is 413 g/mol. The Balaban J connectivity index is 2.09. The molecule has 6 N–H and O–H groups in total. The molecule has 0 aliphatic carbocycles. The van der Waals surface area contributed by atoms with Gasteiger partial charge in [-0.3, -0.25) is 5.41 Å². The van der Waals surface area contributed by atoms with Crippen molar-refractivity contribution < 1.29 is 27.4 Å². The summed E-state index contributed by atoms with van der Waals surface area (Å²) in [6.07, 6.45) is 0. The van der Waals surface area contributed by atoms with E-state index < -0.39 is 27.2 Å². The lowest BCUT2D eigenvalue weighted by molar-refractivity contribution is 0.0694. The molecule has 0 aliphatic rings. The molecule has 10 heteroatoms.